The molecule has 3 heterocycles. The monoisotopic (exact) mass is 302 g/mol. The molecule has 7 heteroatoms. The van der Waals surface area contributed by atoms with Crippen LogP contribution < -0.4 is 5.32 Å². The number of aromatic nitrogens is 4. The molecule has 0 saturated heterocycles. The highest BCUT2D eigenvalue weighted by Crippen LogP contribution is 2.25. The van der Waals surface area contributed by atoms with Gasteiger partial charge in [0.05, 0.1) is 17.6 Å². The zero-order valence-electron chi connectivity index (χ0n) is 12.3. The third kappa shape index (κ3) is 2.74. The molecule has 0 spiro atoms. The highest BCUT2D eigenvalue weighted by atomic mass is 32.1. The van der Waals surface area contributed by atoms with E-state index in [0.717, 1.165) is 23.4 Å². The molecule has 3 rings (SSSR count). The minimum atomic E-state index is 0.312. The lowest BCUT2D eigenvalue weighted by Gasteiger charge is -2.23. The van der Waals surface area contributed by atoms with Crippen molar-refractivity contribution in [1.82, 2.24) is 24.6 Å². The number of likely N-dealkylation sites (N-methyl/N-ethyl adjacent to an activating group) is 1. The molecule has 1 atom stereocenters. The Kier molecular flexibility index (Phi) is 3.85. The van der Waals surface area contributed by atoms with Crippen LogP contribution in [-0.2, 0) is 7.05 Å². The minimum Gasteiger partial charge on any atom is -0.367 e. The number of hydrogen-bond acceptors (Lipinski definition) is 6. The summed E-state index contributed by atoms with van der Waals surface area (Å²) in [5.74, 6) is 0.830. The molecule has 0 fully saturated rings. The van der Waals surface area contributed by atoms with Crippen molar-refractivity contribution in [1.29, 1.82) is 0 Å². The van der Waals surface area contributed by atoms with Crippen LogP contribution in [-0.4, -0.2) is 45.3 Å². The second kappa shape index (κ2) is 5.79. The van der Waals surface area contributed by atoms with Gasteiger partial charge in [0, 0.05) is 18.5 Å². The van der Waals surface area contributed by atoms with Gasteiger partial charge in [-0.05, 0) is 25.5 Å². The number of aryl methyl sites for hydroxylation is 1. The number of thiophene rings is 1. The molecule has 0 amide bonds. The van der Waals surface area contributed by atoms with Crippen LogP contribution in [0.25, 0.3) is 11.0 Å². The van der Waals surface area contributed by atoms with Crippen molar-refractivity contribution in [3.05, 3.63) is 34.9 Å². The van der Waals surface area contributed by atoms with E-state index in [1.165, 1.54) is 4.88 Å². The Labute approximate surface area is 127 Å². The summed E-state index contributed by atoms with van der Waals surface area (Å²) in [5.41, 5.74) is 0.838. The zero-order chi connectivity index (χ0) is 14.8. The highest BCUT2D eigenvalue weighted by molar-refractivity contribution is 7.10. The topological polar surface area (TPSA) is 58.9 Å². The third-order valence-corrected chi connectivity index (χ3v) is 4.46. The first-order valence-corrected chi connectivity index (χ1v) is 7.61. The Bertz CT molecular complexity index is 718. The standard InChI is InChI=1S/C14H18N6S/c1-19(2)11(12-5-4-6-21-12)8-15-13-10-7-18-20(3)14(10)17-9-16-13/h4-7,9,11H,8H2,1-3H3,(H,15,16,17)/t11-/m0/s1. The van der Waals surface area contributed by atoms with Gasteiger partial charge in [-0.1, -0.05) is 6.07 Å². The van der Waals surface area contributed by atoms with Gasteiger partial charge in [-0.2, -0.15) is 5.10 Å². The first-order chi connectivity index (χ1) is 10.2. The van der Waals surface area contributed by atoms with Crippen LogP contribution in [0.3, 0.4) is 0 Å². The maximum atomic E-state index is 4.34. The maximum absolute atomic E-state index is 4.34. The van der Waals surface area contributed by atoms with Crippen molar-refractivity contribution in [2.45, 2.75) is 6.04 Å². The molecule has 3 aromatic rings. The van der Waals surface area contributed by atoms with Crippen LogP contribution in [0.5, 0.6) is 0 Å². The number of nitrogens with one attached hydrogen (secondary N) is 1. The highest BCUT2D eigenvalue weighted by Gasteiger charge is 2.16. The van der Waals surface area contributed by atoms with Crippen LogP contribution in [0.15, 0.2) is 30.0 Å². The molecular formula is C14H18N6S. The first kappa shape index (κ1) is 14.0. The summed E-state index contributed by atoms with van der Waals surface area (Å²) in [7, 11) is 6.06. The minimum absolute atomic E-state index is 0.312. The van der Waals surface area contributed by atoms with Crippen molar-refractivity contribution in [3.63, 3.8) is 0 Å². The zero-order valence-corrected chi connectivity index (χ0v) is 13.1. The van der Waals surface area contributed by atoms with E-state index in [1.807, 2.05) is 7.05 Å². The number of fused-ring (bicyclic) bond motifs is 1. The lowest BCUT2D eigenvalue weighted by Crippen LogP contribution is -2.26. The van der Waals surface area contributed by atoms with E-state index in [0.29, 0.717) is 6.04 Å². The largest absolute Gasteiger partial charge is 0.367 e. The van der Waals surface area contributed by atoms with Gasteiger partial charge in [0.15, 0.2) is 5.65 Å². The number of rotatable bonds is 5. The fourth-order valence-corrected chi connectivity index (χ4v) is 3.24. The molecule has 110 valence electrons. The second-order valence-corrected chi connectivity index (χ2v) is 6.08. The Morgan fingerprint density at radius 3 is 2.95 bits per heavy atom. The van der Waals surface area contributed by atoms with Crippen molar-refractivity contribution in [3.8, 4) is 0 Å². The number of nitrogens with zero attached hydrogens (tertiary/aromatic N) is 5. The van der Waals surface area contributed by atoms with Crippen LogP contribution in [0.1, 0.15) is 10.9 Å². The lowest BCUT2D eigenvalue weighted by atomic mass is 10.2. The summed E-state index contributed by atoms with van der Waals surface area (Å²) in [6.45, 7) is 0.786. The van der Waals surface area contributed by atoms with Gasteiger partial charge in [0.25, 0.3) is 0 Å². The summed E-state index contributed by atoms with van der Waals surface area (Å²) in [6.07, 6.45) is 3.37. The fourth-order valence-electron chi connectivity index (χ4n) is 2.31. The van der Waals surface area contributed by atoms with Crippen LogP contribution in [0.4, 0.5) is 5.82 Å². The molecule has 0 radical (unpaired) electrons. The molecule has 3 aromatic heterocycles. The van der Waals surface area contributed by atoms with Crippen molar-refractivity contribution in [2.75, 3.05) is 26.0 Å². The second-order valence-electron chi connectivity index (χ2n) is 5.10. The SMILES string of the molecule is CN(C)[C@@H](CNc1ncnc2c1cnn2C)c1cccs1. The van der Waals surface area contributed by atoms with Gasteiger partial charge >= 0.3 is 0 Å². The molecule has 0 aliphatic carbocycles. The molecule has 0 bridgehead atoms. The van der Waals surface area contributed by atoms with E-state index >= 15 is 0 Å². The Morgan fingerprint density at radius 1 is 1.38 bits per heavy atom. The Hall–Kier alpha value is -1.99. The summed E-state index contributed by atoms with van der Waals surface area (Å²) < 4.78 is 1.75. The quantitative estimate of drug-likeness (QED) is 0.782. The van der Waals surface area contributed by atoms with Gasteiger partial charge in [-0.25, -0.2) is 9.97 Å². The summed E-state index contributed by atoms with van der Waals surface area (Å²) in [5, 5.41) is 10.7. The predicted octanol–water partition coefficient (Wildman–Crippen LogP) is 2.14. The van der Waals surface area contributed by atoms with Crippen LogP contribution >= 0.6 is 11.3 Å². The maximum Gasteiger partial charge on any atom is 0.163 e. The van der Waals surface area contributed by atoms with E-state index in [1.54, 1.807) is 28.5 Å². The van der Waals surface area contributed by atoms with Gasteiger partial charge in [-0.15, -0.1) is 11.3 Å². The van der Waals surface area contributed by atoms with E-state index in [-0.39, 0.29) is 0 Å². The summed E-state index contributed by atoms with van der Waals surface area (Å²) in [4.78, 5) is 12.1. The molecule has 1 N–H and O–H groups in total. The third-order valence-electron chi connectivity index (χ3n) is 3.49. The van der Waals surface area contributed by atoms with Gasteiger partial charge in [-0.3, -0.25) is 4.68 Å². The van der Waals surface area contributed by atoms with Crippen LogP contribution in [0.2, 0.25) is 0 Å². The lowest BCUT2D eigenvalue weighted by molar-refractivity contribution is 0.316. The van der Waals surface area contributed by atoms with E-state index in [2.05, 4.69) is 56.9 Å². The smallest absolute Gasteiger partial charge is 0.163 e. The number of hydrogen-bond donors (Lipinski definition) is 1. The molecule has 0 aromatic carbocycles. The van der Waals surface area contributed by atoms with E-state index in [9.17, 15) is 0 Å². The summed E-state index contributed by atoms with van der Waals surface area (Å²) >= 11 is 1.77. The van der Waals surface area contributed by atoms with E-state index in [4.69, 9.17) is 0 Å². The van der Waals surface area contributed by atoms with Crippen molar-refractivity contribution in [2.24, 2.45) is 7.05 Å². The van der Waals surface area contributed by atoms with Crippen molar-refractivity contribution < 1.29 is 0 Å². The average molecular weight is 302 g/mol. The average Bonchev–Trinajstić information content (AvgIpc) is 3.10. The van der Waals surface area contributed by atoms with Crippen LogP contribution in [0, 0.1) is 0 Å². The molecule has 0 aliphatic heterocycles. The molecule has 21 heavy (non-hydrogen) atoms. The Balaban J connectivity index is 1.82. The fraction of sp³-hybridized carbons (Fsp3) is 0.357. The summed E-state index contributed by atoms with van der Waals surface area (Å²) in [6, 6.07) is 4.56. The van der Waals surface area contributed by atoms with Gasteiger partial charge in [0.1, 0.15) is 12.1 Å². The predicted molar refractivity (Wildman–Crippen MR) is 85.5 cm³/mol. The van der Waals surface area contributed by atoms with Crippen molar-refractivity contribution >= 4 is 28.2 Å². The van der Waals surface area contributed by atoms with E-state index < -0.39 is 0 Å². The van der Waals surface area contributed by atoms with Gasteiger partial charge < -0.3 is 10.2 Å². The molecule has 0 unspecified atom stereocenters. The number of anilines is 1. The first-order valence-electron chi connectivity index (χ1n) is 6.73. The Morgan fingerprint density at radius 2 is 2.24 bits per heavy atom. The molecule has 0 saturated carbocycles. The van der Waals surface area contributed by atoms with Gasteiger partial charge in [0.2, 0.25) is 0 Å². The molecule has 6 nitrogen and oxygen atoms in total. The molecule has 0 aliphatic rings. The molecular weight excluding hydrogens is 284 g/mol. The normalized spacial score (nSPS) is 13.0.